The summed E-state index contributed by atoms with van der Waals surface area (Å²) in [5, 5.41) is 37.6. The van der Waals surface area contributed by atoms with Crippen LogP contribution in [-0.2, 0) is 14.9 Å². The molecule has 0 atom stereocenters. The van der Waals surface area contributed by atoms with Crippen LogP contribution in [0.5, 0.6) is 28.7 Å². The first kappa shape index (κ1) is 39.2. The van der Waals surface area contributed by atoms with Crippen molar-refractivity contribution in [3.63, 3.8) is 0 Å². The van der Waals surface area contributed by atoms with Crippen LogP contribution in [-0.4, -0.2) is 48.1 Å². The zero-order valence-electron chi connectivity index (χ0n) is 31.1. The number of azo groups is 1. The second-order valence-corrected chi connectivity index (χ2v) is 14.7. The number of rotatable bonds is 13. The summed E-state index contributed by atoms with van der Waals surface area (Å²) in [5.41, 5.74) is 3.20. The zero-order chi connectivity index (χ0) is 40.1. The Bertz CT molecular complexity index is 2630. The van der Waals surface area contributed by atoms with Crippen molar-refractivity contribution < 1.29 is 42.2 Å². The third kappa shape index (κ3) is 8.88. The molecule has 0 aliphatic heterocycles. The maximum atomic E-state index is 13.3. The minimum atomic E-state index is -4.61. The molecule has 0 bridgehead atoms. The molecule has 13 nitrogen and oxygen atoms in total. The van der Waals surface area contributed by atoms with E-state index in [4.69, 9.17) is 9.47 Å². The van der Waals surface area contributed by atoms with Gasteiger partial charge in [0.15, 0.2) is 5.75 Å². The number of amides is 2. The molecule has 0 aliphatic rings. The van der Waals surface area contributed by atoms with Crippen molar-refractivity contribution in [3.8, 4) is 28.7 Å². The fourth-order valence-corrected chi connectivity index (χ4v) is 6.80. The summed E-state index contributed by atoms with van der Waals surface area (Å²) in [6.07, 6.45) is 1.40. The molecule has 0 spiro atoms. The van der Waals surface area contributed by atoms with Crippen molar-refractivity contribution in [2.24, 2.45) is 10.2 Å². The molecular weight excluding hydrogens is 737 g/mol. The average Bonchev–Trinajstić information content (AvgIpc) is 3.14. The Morgan fingerprint density at radius 3 is 2.21 bits per heavy atom. The molecule has 14 heteroatoms. The highest BCUT2D eigenvalue weighted by Gasteiger charge is 2.21. The first-order valence-corrected chi connectivity index (χ1v) is 19.1. The Balaban J connectivity index is 1.16. The molecule has 2 amide bonds. The predicted octanol–water partition coefficient (Wildman–Crippen LogP) is 9.33. The van der Waals surface area contributed by atoms with Crippen LogP contribution in [0.3, 0.4) is 0 Å². The summed E-state index contributed by atoms with van der Waals surface area (Å²) in [4.78, 5) is 24.7. The smallest absolute Gasteiger partial charge is 0.294 e. The van der Waals surface area contributed by atoms with Gasteiger partial charge in [0.2, 0.25) is 5.91 Å². The number of nitrogens with one attached hydrogen (secondary N) is 2. The molecule has 0 saturated heterocycles. The minimum Gasteiger partial charge on any atom is -0.506 e. The molecule has 0 aliphatic carbocycles. The number of hydrogen-bond donors (Lipinski definition) is 5. The Morgan fingerprint density at radius 2 is 1.52 bits per heavy atom. The number of phenols is 2. The van der Waals surface area contributed by atoms with Gasteiger partial charge in [0.25, 0.3) is 16.0 Å². The van der Waals surface area contributed by atoms with Gasteiger partial charge in [-0.15, -0.1) is 5.11 Å². The molecule has 288 valence electrons. The van der Waals surface area contributed by atoms with Crippen LogP contribution in [0.2, 0.25) is 0 Å². The fraction of sp³-hybridized carbons (Fsp3) is 0.190. The van der Waals surface area contributed by atoms with E-state index in [-0.39, 0.29) is 39.2 Å². The summed E-state index contributed by atoms with van der Waals surface area (Å²) in [5.74, 6) is 0.124. The molecule has 6 aromatic rings. The number of ether oxygens (including phenoxy) is 2. The molecular formula is C42H40N4O9S. The summed E-state index contributed by atoms with van der Waals surface area (Å²) in [6.45, 7) is 7.79. The van der Waals surface area contributed by atoms with Crippen LogP contribution in [0.1, 0.15) is 46.8 Å². The lowest BCUT2D eigenvalue weighted by Gasteiger charge is -2.14. The van der Waals surface area contributed by atoms with Gasteiger partial charge in [-0.25, -0.2) is 0 Å². The molecule has 6 rings (SSSR count). The van der Waals surface area contributed by atoms with E-state index in [9.17, 15) is 32.8 Å². The normalized spacial score (nSPS) is 11.6. The highest BCUT2D eigenvalue weighted by Crippen LogP contribution is 2.44. The van der Waals surface area contributed by atoms with Crippen LogP contribution in [0.15, 0.2) is 106 Å². The summed E-state index contributed by atoms with van der Waals surface area (Å²) in [7, 11) is -4.61. The van der Waals surface area contributed by atoms with E-state index in [2.05, 4.69) is 26.9 Å². The minimum absolute atomic E-state index is 0.0322. The van der Waals surface area contributed by atoms with Gasteiger partial charge in [0.1, 0.15) is 28.7 Å². The lowest BCUT2D eigenvalue weighted by Crippen LogP contribution is -2.25. The number of carbonyl (C=O) groups excluding carboxylic acids is 2. The average molecular weight is 777 g/mol. The Labute approximate surface area is 323 Å². The van der Waals surface area contributed by atoms with Gasteiger partial charge in [0, 0.05) is 29.6 Å². The topological polar surface area (TPSA) is 196 Å². The number of unbranched alkanes of at least 4 members (excludes halogenated alkanes) is 1. The molecule has 0 saturated carbocycles. The van der Waals surface area contributed by atoms with E-state index in [1.54, 1.807) is 61.5 Å². The maximum absolute atomic E-state index is 13.3. The monoisotopic (exact) mass is 776 g/mol. The van der Waals surface area contributed by atoms with Crippen molar-refractivity contribution in [2.75, 3.05) is 18.5 Å². The first-order chi connectivity index (χ1) is 26.7. The molecule has 6 aromatic carbocycles. The van der Waals surface area contributed by atoms with E-state index < -0.39 is 26.8 Å². The van der Waals surface area contributed by atoms with Crippen molar-refractivity contribution in [2.45, 2.75) is 45.4 Å². The third-order valence-electron chi connectivity index (χ3n) is 8.96. The Hall–Kier alpha value is -6.51. The van der Waals surface area contributed by atoms with E-state index in [0.717, 1.165) is 23.8 Å². The van der Waals surface area contributed by atoms with Crippen LogP contribution in [0.25, 0.3) is 21.5 Å². The van der Waals surface area contributed by atoms with Gasteiger partial charge >= 0.3 is 0 Å². The molecule has 0 heterocycles. The fourth-order valence-electron chi connectivity index (χ4n) is 6.25. The Morgan fingerprint density at radius 1 is 0.786 bits per heavy atom. The molecule has 5 N–H and O–H groups in total. The van der Waals surface area contributed by atoms with Crippen LogP contribution < -0.4 is 20.1 Å². The van der Waals surface area contributed by atoms with E-state index in [1.807, 2.05) is 26.0 Å². The van der Waals surface area contributed by atoms with Crippen molar-refractivity contribution in [1.82, 2.24) is 5.32 Å². The highest BCUT2D eigenvalue weighted by molar-refractivity contribution is 7.85. The van der Waals surface area contributed by atoms with Gasteiger partial charge in [-0.05, 0) is 105 Å². The molecule has 0 aromatic heterocycles. The van der Waals surface area contributed by atoms with E-state index >= 15 is 0 Å². The molecule has 0 fully saturated rings. The number of aromatic hydroxyl groups is 2. The Kier molecular flexibility index (Phi) is 11.5. The standard InChI is InChI=1S/C42H40N4O9S/c1-24-11-16-36(25(2)19-24)54-18-8-7-17-43-42(50)34-23-37(32-9-5-6-10-33(32)40(34)48)55-30-14-12-29(13-15-30)45-46-39-26(3)20-28-21-31(56(51,52)53)22-35(44-27(4)47)38(28)41(39)49/h5-6,9-16,19-23,48-49H,7-8,17-18H2,1-4H3,(H,43,50)(H,44,47)(H,51,52,53). The second kappa shape index (κ2) is 16.5. The van der Waals surface area contributed by atoms with Gasteiger partial charge in [-0.3, -0.25) is 14.1 Å². The molecule has 56 heavy (non-hydrogen) atoms. The largest absolute Gasteiger partial charge is 0.506 e. The summed E-state index contributed by atoms with van der Waals surface area (Å²) in [6, 6.07) is 24.9. The second-order valence-electron chi connectivity index (χ2n) is 13.3. The predicted molar refractivity (Wildman–Crippen MR) is 214 cm³/mol. The number of benzene rings is 6. The molecule has 0 unspecified atom stereocenters. The maximum Gasteiger partial charge on any atom is 0.294 e. The number of aryl methyl sites for hydroxylation is 3. The number of fused-ring (bicyclic) bond motifs is 2. The highest BCUT2D eigenvalue weighted by atomic mass is 32.2. The van der Waals surface area contributed by atoms with Gasteiger partial charge < -0.3 is 30.3 Å². The van der Waals surface area contributed by atoms with Gasteiger partial charge in [-0.1, -0.05) is 42.0 Å². The number of phenolic OH excluding ortho intramolecular Hbond substituents is 2. The van der Waals surface area contributed by atoms with Crippen LogP contribution in [0, 0.1) is 20.8 Å². The number of hydrogen-bond acceptors (Lipinski definition) is 10. The van der Waals surface area contributed by atoms with E-state index in [1.165, 1.54) is 24.6 Å². The van der Waals surface area contributed by atoms with Crippen molar-refractivity contribution >= 4 is 60.5 Å². The zero-order valence-corrected chi connectivity index (χ0v) is 31.9. The first-order valence-electron chi connectivity index (χ1n) is 17.7. The van der Waals surface area contributed by atoms with Gasteiger partial charge in [-0.2, -0.15) is 13.5 Å². The quantitative estimate of drug-likeness (QED) is 0.0431. The van der Waals surface area contributed by atoms with Crippen molar-refractivity contribution in [1.29, 1.82) is 0 Å². The van der Waals surface area contributed by atoms with Crippen LogP contribution >= 0.6 is 0 Å². The lowest BCUT2D eigenvalue weighted by molar-refractivity contribution is -0.114. The third-order valence-corrected chi connectivity index (χ3v) is 9.79. The number of nitrogens with zero attached hydrogens (tertiary/aromatic N) is 2. The van der Waals surface area contributed by atoms with Gasteiger partial charge in [0.05, 0.1) is 28.4 Å². The SMILES string of the molecule is CC(=O)Nc1cc(S(=O)(=O)O)cc2cc(C)c(N=Nc3ccc(Oc4cc(C(=O)NCCCCOc5ccc(C)cc5C)c(O)c5ccccc45)cc3)c(O)c12. The van der Waals surface area contributed by atoms with Crippen molar-refractivity contribution in [3.05, 3.63) is 113 Å². The summed E-state index contributed by atoms with van der Waals surface area (Å²) >= 11 is 0. The van der Waals surface area contributed by atoms with E-state index in [0.29, 0.717) is 53.1 Å². The van der Waals surface area contributed by atoms with Crippen LogP contribution in [0.4, 0.5) is 17.1 Å². The molecule has 0 radical (unpaired) electrons. The number of carbonyl (C=O) groups is 2. The summed E-state index contributed by atoms with van der Waals surface area (Å²) < 4.78 is 45.5. The lowest BCUT2D eigenvalue weighted by atomic mass is 10.0. The number of anilines is 1.